The molecule has 6 nitrogen and oxygen atoms in total. The van der Waals surface area contributed by atoms with Gasteiger partial charge in [-0.3, -0.25) is 9.80 Å². The van der Waals surface area contributed by atoms with Crippen LogP contribution in [0.1, 0.15) is 33.4 Å². The van der Waals surface area contributed by atoms with Crippen LogP contribution in [0.2, 0.25) is 10.0 Å². The van der Waals surface area contributed by atoms with Crippen molar-refractivity contribution in [2.24, 2.45) is 0 Å². The Balaban J connectivity index is 0.000000186. The summed E-state index contributed by atoms with van der Waals surface area (Å²) in [4.78, 5) is 21.5. The number of nitrogens with zero attached hydrogens (tertiary/aromatic N) is 4. The van der Waals surface area contributed by atoms with Crippen molar-refractivity contribution in [3.63, 3.8) is 0 Å². The third-order valence-corrected chi connectivity index (χ3v) is 12.4. The Bertz CT molecular complexity index is 2320. The number of benzene rings is 6. The van der Waals surface area contributed by atoms with Crippen LogP contribution in [0.25, 0.3) is 22.3 Å². The minimum Gasteiger partial charge on any atom is -0.331 e. The molecule has 2 aliphatic rings. The smallest absolute Gasteiger partial charge is 0.319 e. The van der Waals surface area contributed by atoms with E-state index in [0.29, 0.717) is 6.04 Å². The van der Waals surface area contributed by atoms with Gasteiger partial charge in [0, 0.05) is 93.7 Å². The highest BCUT2D eigenvalue weighted by molar-refractivity contribution is 6.33. The normalized spacial score (nSPS) is 17.0. The molecule has 6 aromatic rings. The summed E-state index contributed by atoms with van der Waals surface area (Å²) in [6, 6.07) is 51.9. The molecule has 2 aliphatic heterocycles. The molecule has 0 unspecified atom stereocenters. The summed E-state index contributed by atoms with van der Waals surface area (Å²) < 4.78 is 0. The number of hydrogen-bond acceptors (Lipinski definition) is 4. The first kappa shape index (κ1) is 44.1. The zero-order valence-corrected chi connectivity index (χ0v) is 37.5. The molecule has 6 aromatic carbocycles. The highest BCUT2D eigenvalue weighted by Gasteiger charge is 2.31. The van der Waals surface area contributed by atoms with E-state index in [1.807, 2.05) is 43.3 Å². The van der Waals surface area contributed by atoms with Crippen molar-refractivity contribution < 1.29 is 4.79 Å². The first-order chi connectivity index (χ1) is 29.6. The lowest BCUT2D eigenvalue weighted by molar-refractivity contribution is 0.0779. The molecule has 2 saturated heterocycles. The Labute approximate surface area is 373 Å². The molecule has 2 heterocycles. The topological polar surface area (TPSA) is 42.1 Å². The van der Waals surface area contributed by atoms with Crippen molar-refractivity contribution in [3.05, 3.63) is 189 Å². The molecule has 0 saturated carbocycles. The fourth-order valence-electron chi connectivity index (χ4n) is 8.52. The van der Waals surface area contributed by atoms with E-state index in [4.69, 9.17) is 23.2 Å². The molecular formula is C53H59Cl2N5O. The number of amides is 2. The Morgan fingerprint density at radius 3 is 1.59 bits per heavy atom. The summed E-state index contributed by atoms with van der Waals surface area (Å²) in [7, 11) is 3.66. The second-order valence-corrected chi connectivity index (χ2v) is 17.7. The molecule has 0 aromatic heterocycles. The van der Waals surface area contributed by atoms with Gasteiger partial charge in [-0.05, 0) is 84.3 Å². The first-order valence-corrected chi connectivity index (χ1v) is 22.3. The average Bonchev–Trinajstić information content (AvgIpc) is 3.27. The van der Waals surface area contributed by atoms with E-state index in [0.717, 1.165) is 91.9 Å². The van der Waals surface area contributed by atoms with Crippen LogP contribution in [0.4, 0.5) is 4.79 Å². The number of nitrogens with one attached hydrogen (secondary N) is 1. The lowest BCUT2D eigenvalue weighted by atomic mass is 10.0. The maximum absolute atomic E-state index is 12.8. The summed E-state index contributed by atoms with van der Waals surface area (Å²) in [5.74, 6) is 0. The van der Waals surface area contributed by atoms with Crippen LogP contribution in [0.5, 0.6) is 0 Å². The molecule has 2 amide bonds. The lowest BCUT2D eigenvalue weighted by Crippen LogP contribution is -2.57. The van der Waals surface area contributed by atoms with E-state index in [-0.39, 0.29) is 12.1 Å². The van der Waals surface area contributed by atoms with Crippen LogP contribution in [-0.4, -0.2) is 91.1 Å². The molecule has 0 radical (unpaired) electrons. The molecule has 1 N–H and O–H groups in total. The van der Waals surface area contributed by atoms with E-state index in [1.165, 1.54) is 38.9 Å². The number of aryl methyl sites for hydroxylation is 2. The maximum atomic E-state index is 12.8. The monoisotopic (exact) mass is 851 g/mol. The van der Waals surface area contributed by atoms with Crippen LogP contribution in [0.15, 0.2) is 146 Å². The van der Waals surface area contributed by atoms with Gasteiger partial charge < -0.3 is 15.1 Å². The Morgan fingerprint density at radius 2 is 1.08 bits per heavy atom. The summed E-state index contributed by atoms with van der Waals surface area (Å²) in [5, 5.41) is 5.26. The van der Waals surface area contributed by atoms with Gasteiger partial charge in [-0.25, -0.2) is 4.79 Å². The molecule has 8 heteroatoms. The van der Waals surface area contributed by atoms with Gasteiger partial charge in [0.1, 0.15) is 0 Å². The van der Waals surface area contributed by atoms with Crippen molar-refractivity contribution in [2.45, 2.75) is 51.9 Å². The molecule has 316 valence electrons. The number of urea groups is 1. The van der Waals surface area contributed by atoms with Crippen molar-refractivity contribution in [1.82, 2.24) is 24.9 Å². The number of halogens is 2. The highest BCUT2D eigenvalue weighted by atomic mass is 35.5. The zero-order valence-electron chi connectivity index (χ0n) is 36.0. The van der Waals surface area contributed by atoms with Crippen molar-refractivity contribution in [1.29, 1.82) is 0 Å². The SMILES string of the molecule is Cc1ccc(Cl)c(-c2ccc(CN3CCN(C(=O)N(C)C)[C@@H](Cc4ccccc4)C3)cc2)c1.Cc1ccc(Cl)c(-c2ccc(CN3CCN[C@@H](Cc4ccccc4)C3)cc2)c1. The summed E-state index contributed by atoms with van der Waals surface area (Å²) in [5.41, 5.74) is 12.2. The van der Waals surface area contributed by atoms with Gasteiger partial charge in [0.15, 0.2) is 0 Å². The Hall–Kier alpha value is -4.95. The number of hydrogen-bond donors (Lipinski definition) is 1. The van der Waals surface area contributed by atoms with Crippen LogP contribution in [-0.2, 0) is 25.9 Å². The second kappa shape index (κ2) is 21.2. The van der Waals surface area contributed by atoms with Gasteiger partial charge in [0.05, 0.1) is 6.04 Å². The van der Waals surface area contributed by atoms with E-state index >= 15 is 0 Å². The van der Waals surface area contributed by atoms with E-state index in [1.54, 1.807) is 4.90 Å². The van der Waals surface area contributed by atoms with Gasteiger partial charge in [0.25, 0.3) is 0 Å². The molecule has 0 spiro atoms. The predicted octanol–water partition coefficient (Wildman–Crippen LogP) is 11.1. The summed E-state index contributed by atoms with van der Waals surface area (Å²) in [6.45, 7) is 11.8. The predicted molar refractivity (Wildman–Crippen MR) is 255 cm³/mol. The third-order valence-electron chi connectivity index (χ3n) is 11.8. The fraction of sp³-hybridized carbons (Fsp3) is 0.302. The standard InChI is InChI=1S/C28H32ClN3O.C25H27ClN2/c1-21-9-14-27(29)26(17-21)24-12-10-23(11-13-24)19-31-15-16-32(28(33)30(2)3)25(20-31)18-22-7-5-4-6-8-22;1-19-7-12-25(26)24(15-19)22-10-8-21(9-11-22)17-28-14-13-27-23(18-28)16-20-5-3-2-4-6-20/h4-14,17,25H,15-16,18-20H2,1-3H3;2-12,15,23,27H,13-14,16-18H2,1H3/t25-;23-/m00/s1. The molecule has 61 heavy (non-hydrogen) atoms. The number of piperazine rings is 2. The molecule has 0 bridgehead atoms. The van der Waals surface area contributed by atoms with Gasteiger partial charge in [-0.1, -0.05) is 156 Å². The zero-order chi connectivity index (χ0) is 42.7. The number of carbonyl (C=O) groups excluding carboxylic acids is 1. The molecule has 0 aliphatic carbocycles. The highest BCUT2D eigenvalue weighted by Crippen LogP contribution is 2.31. The Kier molecular flexibility index (Phi) is 15.3. The minimum atomic E-state index is 0.0926. The van der Waals surface area contributed by atoms with Crippen molar-refractivity contribution >= 4 is 29.2 Å². The minimum absolute atomic E-state index is 0.0926. The molecule has 8 rings (SSSR count). The first-order valence-electron chi connectivity index (χ1n) is 21.5. The number of carbonyl (C=O) groups is 1. The number of rotatable bonds is 10. The fourth-order valence-corrected chi connectivity index (χ4v) is 8.98. The largest absolute Gasteiger partial charge is 0.331 e. The molecular weight excluding hydrogens is 794 g/mol. The van der Waals surface area contributed by atoms with Crippen LogP contribution < -0.4 is 5.32 Å². The van der Waals surface area contributed by atoms with Gasteiger partial charge >= 0.3 is 6.03 Å². The average molecular weight is 853 g/mol. The van der Waals surface area contributed by atoms with Gasteiger partial charge in [-0.15, -0.1) is 0 Å². The van der Waals surface area contributed by atoms with Crippen LogP contribution >= 0.6 is 23.2 Å². The summed E-state index contributed by atoms with van der Waals surface area (Å²) >= 11 is 12.8. The maximum Gasteiger partial charge on any atom is 0.319 e. The molecule has 2 fully saturated rings. The Morgan fingerprint density at radius 1 is 0.590 bits per heavy atom. The van der Waals surface area contributed by atoms with Crippen molar-refractivity contribution in [3.8, 4) is 22.3 Å². The summed E-state index contributed by atoms with van der Waals surface area (Å²) in [6.07, 6.45) is 1.95. The van der Waals surface area contributed by atoms with Crippen LogP contribution in [0.3, 0.4) is 0 Å². The van der Waals surface area contributed by atoms with E-state index in [9.17, 15) is 4.79 Å². The van der Waals surface area contributed by atoms with Gasteiger partial charge in [-0.2, -0.15) is 0 Å². The van der Waals surface area contributed by atoms with E-state index in [2.05, 4.69) is 150 Å². The third kappa shape index (κ3) is 12.3. The molecule has 2 atom stereocenters. The lowest BCUT2D eigenvalue weighted by Gasteiger charge is -2.42. The quantitative estimate of drug-likeness (QED) is 0.149. The van der Waals surface area contributed by atoms with Crippen molar-refractivity contribution in [2.75, 3.05) is 53.4 Å². The van der Waals surface area contributed by atoms with Crippen LogP contribution in [0, 0.1) is 13.8 Å². The second-order valence-electron chi connectivity index (χ2n) is 16.9. The van der Waals surface area contributed by atoms with E-state index < -0.39 is 0 Å². The van der Waals surface area contributed by atoms with Gasteiger partial charge in [0.2, 0.25) is 0 Å².